The second-order valence-corrected chi connectivity index (χ2v) is 3.88. The topological polar surface area (TPSA) is 49.7 Å². The predicted molar refractivity (Wildman–Crippen MR) is 52.6 cm³/mol. The maximum Gasteiger partial charge on any atom is 0.0878 e. The summed E-state index contributed by atoms with van der Waals surface area (Å²) in [5, 5.41) is 18.4. The summed E-state index contributed by atoms with van der Waals surface area (Å²) in [6, 6.07) is 0. The van der Waals surface area contributed by atoms with E-state index in [4.69, 9.17) is 9.84 Å². The molecule has 0 saturated heterocycles. The molecule has 0 rings (SSSR count). The Kier molecular flexibility index (Phi) is 6.29. The molecule has 13 heavy (non-hydrogen) atoms. The molecule has 1 unspecified atom stereocenters. The number of aliphatic hydroxyl groups excluding tert-OH is 1. The average Bonchev–Trinajstić information content (AvgIpc) is 2.01. The maximum atomic E-state index is 9.67. The molecule has 0 aliphatic rings. The van der Waals surface area contributed by atoms with Crippen molar-refractivity contribution in [2.45, 2.75) is 51.7 Å². The van der Waals surface area contributed by atoms with Gasteiger partial charge in [0.05, 0.1) is 11.7 Å². The van der Waals surface area contributed by atoms with Crippen LogP contribution in [0.4, 0.5) is 0 Å². The molecule has 3 heteroatoms. The van der Waals surface area contributed by atoms with Crippen molar-refractivity contribution in [3.05, 3.63) is 0 Å². The van der Waals surface area contributed by atoms with E-state index in [9.17, 15) is 5.11 Å². The van der Waals surface area contributed by atoms with E-state index < -0.39 is 5.60 Å². The molecule has 0 saturated carbocycles. The zero-order valence-electron chi connectivity index (χ0n) is 8.92. The largest absolute Gasteiger partial charge is 0.396 e. The SMILES string of the molecule is CCCCOC(CCO)C(C)(C)O. The molecule has 2 N–H and O–H groups in total. The van der Waals surface area contributed by atoms with Gasteiger partial charge in [-0.05, 0) is 26.7 Å². The third-order valence-corrected chi connectivity index (χ3v) is 2.00. The molecular formula is C10H22O3. The number of unbranched alkanes of at least 4 members (excludes halogenated alkanes) is 1. The minimum atomic E-state index is -0.865. The number of aliphatic hydroxyl groups is 2. The zero-order valence-corrected chi connectivity index (χ0v) is 8.92. The molecule has 0 bridgehead atoms. The van der Waals surface area contributed by atoms with Gasteiger partial charge in [-0.2, -0.15) is 0 Å². The van der Waals surface area contributed by atoms with Crippen LogP contribution in [0.1, 0.15) is 40.0 Å². The third kappa shape index (κ3) is 6.02. The highest BCUT2D eigenvalue weighted by atomic mass is 16.5. The minimum absolute atomic E-state index is 0.0563. The fourth-order valence-corrected chi connectivity index (χ4v) is 1.13. The van der Waals surface area contributed by atoms with Crippen molar-refractivity contribution in [3.8, 4) is 0 Å². The van der Waals surface area contributed by atoms with Crippen LogP contribution < -0.4 is 0 Å². The second kappa shape index (κ2) is 6.35. The summed E-state index contributed by atoms with van der Waals surface area (Å²) < 4.78 is 5.48. The fourth-order valence-electron chi connectivity index (χ4n) is 1.13. The van der Waals surface area contributed by atoms with E-state index >= 15 is 0 Å². The lowest BCUT2D eigenvalue weighted by molar-refractivity contribution is -0.0965. The van der Waals surface area contributed by atoms with Gasteiger partial charge in [-0.1, -0.05) is 13.3 Å². The van der Waals surface area contributed by atoms with E-state index in [-0.39, 0.29) is 12.7 Å². The van der Waals surface area contributed by atoms with Crippen molar-refractivity contribution < 1.29 is 14.9 Å². The lowest BCUT2D eigenvalue weighted by atomic mass is 9.99. The van der Waals surface area contributed by atoms with Gasteiger partial charge in [0.15, 0.2) is 0 Å². The molecule has 0 amide bonds. The minimum Gasteiger partial charge on any atom is -0.396 e. The summed E-state index contributed by atoms with van der Waals surface area (Å²) >= 11 is 0. The molecule has 0 fully saturated rings. The van der Waals surface area contributed by atoms with Crippen molar-refractivity contribution >= 4 is 0 Å². The fraction of sp³-hybridized carbons (Fsp3) is 1.00. The summed E-state index contributed by atoms with van der Waals surface area (Å²) in [4.78, 5) is 0. The number of rotatable bonds is 7. The number of ether oxygens (including phenoxy) is 1. The molecule has 0 aliphatic carbocycles. The first-order chi connectivity index (χ1) is 6.02. The van der Waals surface area contributed by atoms with Gasteiger partial charge < -0.3 is 14.9 Å². The Morgan fingerprint density at radius 2 is 2.00 bits per heavy atom. The Balaban J connectivity index is 3.81. The third-order valence-electron chi connectivity index (χ3n) is 2.00. The first kappa shape index (κ1) is 12.9. The van der Waals surface area contributed by atoms with Gasteiger partial charge in [0.25, 0.3) is 0 Å². The van der Waals surface area contributed by atoms with E-state index in [1.165, 1.54) is 0 Å². The molecular weight excluding hydrogens is 168 g/mol. The summed E-state index contributed by atoms with van der Waals surface area (Å²) in [5.74, 6) is 0. The highest BCUT2D eigenvalue weighted by molar-refractivity contribution is 4.77. The van der Waals surface area contributed by atoms with Crippen LogP contribution in [0.25, 0.3) is 0 Å². The molecule has 0 radical (unpaired) electrons. The van der Waals surface area contributed by atoms with Crippen LogP contribution in [-0.2, 0) is 4.74 Å². The molecule has 80 valence electrons. The normalized spacial score (nSPS) is 14.5. The molecule has 0 heterocycles. The van der Waals surface area contributed by atoms with Crippen LogP contribution in [-0.4, -0.2) is 35.1 Å². The van der Waals surface area contributed by atoms with Crippen molar-refractivity contribution in [2.24, 2.45) is 0 Å². The number of hydrogen-bond acceptors (Lipinski definition) is 3. The molecule has 0 spiro atoms. The van der Waals surface area contributed by atoms with Crippen molar-refractivity contribution in [3.63, 3.8) is 0 Å². The Labute approximate surface area is 80.7 Å². The summed E-state index contributed by atoms with van der Waals surface area (Å²) in [6.45, 7) is 6.22. The summed E-state index contributed by atoms with van der Waals surface area (Å²) in [6.07, 6.45) is 2.31. The van der Waals surface area contributed by atoms with Crippen molar-refractivity contribution in [2.75, 3.05) is 13.2 Å². The highest BCUT2D eigenvalue weighted by Gasteiger charge is 2.26. The molecule has 0 aromatic rings. The monoisotopic (exact) mass is 190 g/mol. The van der Waals surface area contributed by atoms with Crippen LogP contribution in [0.2, 0.25) is 0 Å². The first-order valence-electron chi connectivity index (χ1n) is 4.97. The Morgan fingerprint density at radius 1 is 1.38 bits per heavy atom. The zero-order chi connectivity index (χ0) is 10.3. The van der Waals surface area contributed by atoms with Gasteiger partial charge >= 0.3 is 0 Å². The van der Waals surface area contributed by atoms with Gasteiger partial charge in [-0.15, -0.1) is 0 Å². The average molecular weight is 190 g/mol. The summed E-state index contributed by atoms with van der Waals surface area (Å²) in [5.41, 5.74) is -0.865. The Bertz CT molecular complexity index is 118. The lowest BCUT2D eigenvalue weighted by Gasteiger charge is -2.28. The Morgan fingerprint density at radius 3 is 2.38 bits per heavy atom. The Hall–Kier alpha value is -0.120. The van der Waals surface area contributed by atoms with Gasteiger partial charge in [0, 0.05) is 13.2 Å². The number of hydrogen-bond donors (Lipinski definition) is 2. The summed E-state index contributed by atoms with van der Waals surface area (Å²) in [7, 11) is 0. The molecule has 0 aromatic heterocycles. The van der Waals surface area contributed by atoms with Crippen molar-refractivity contribution in [1.29, 1.82) is 0 Å². The quantitative estimate of drug-likeness (QED) is 0.595. The van der Waals surface area contributed by atoms with Crippen LogP contribution in [0.15, 0.2) is 0 Å². The second-order valence-electron chi connectivity index (χ2n) is 3.88. The standard InChI is InChI=1S/C10H22O3/c1-4-5-8-13-9(6-7-11)10(2,3)12/h9,11-12H,4-8H2,1-3H3. The molecule has 3 nitrogen and oxygen atoms in total. The van der Waals surface area contributed by atoms with Gasteiger partial charge in [0.2, 0.25) is 0 Å². The molecule has 0 aliphatic heterocycles. The predicted octanol–water partition coefficient (Wildman–Crippen LogP) is 1.32. The van der Waals surface area contributed by atoms with Crippen LogP contribution >= 0.6 is 0 Å². The van der Waals surface area contributed by atoms with E-state index in [0.29, 0.717) is 13.0 Å². The highest BCUT2D eigenvalue weighted by Crippen LogP contribution is 2.16. The first-order valence-corrected chi connectivity index (χ1v) is 4.97. The smallest absolute Gasteiger partial charge is 0.0878 e. The molecule has 1 atom stereocenters. The van der Waals surface area contributed by atoms with E-state index in [2.05, 4.69) is 6.92 Å². The van der Waals surface area contributed by atoms with Crippen LogP contribution in [0.3, 0.4) is 0 Å². The molecule has 0 aromatic carbocycles. The van der Waals surface area contributed by atoms with E-state index in [1.807, 2.05) is 0 Å². The van der Waals surface area contributed by atoms with Gasteiger partial charge in [0.1, 0.15) is 0 Å². The lowest BCUT2D eigenvalue weighted by Crippen LogP contribution is -2.39. The van der Waals surface area contributed by atoms with E-state index in [1.54, 1.807) is 13.8 Å². The maximum absolute atomic E-state index is 9.67. The van der Waals surface area contributed by atoms with E-state index in [0.717, 1.165) is 12.8 Å². The van der Waals surface area contributed by atoms with Crippen molar-refractivity contribution in [1.82, 2.24) is 0 Å². The van der Waals surface area contributed by atoms with Gasteiger partial charge in [-0.3, -0.25) is 0 Å². The van der Waals surface area contributed by atoms with Crippen LogP contribution in [0, 0.1) is 0 Å². The van der Waals surface area contributed by atoms with Gasteiger partial charge in [-0.25, -0.2) is 0 Å². The van der Waals surface area contributed by atoms with Crippen LogP contribution in [0.5, 0.6) is 0 Å².